The van der Waals surface area contributed by atoms with E-state index in [0.29, 0.717) is 0 Å². The van der Waals surface area contributed by atoms with Crippen LogP contribution in [0.25, 0.3) is 5.65 Å². The van der Waals surface area contributed by atoms with E-state index in [1.807, 2.05) is 22.7 Å². The van der Waals surface area contributed by atoms with Crippen LogP contribution < -0.4 is 0 Å². The molecule has 0 aliphatic rings. The van der Waals surface area contributed by atoms with E-state index in [1.165, 1.54) is 12.1 Å². The van der Waals surface area contributed by atoms with Gasteiger partial charge in [0, 0.05) is 22.4 Å². The minimum atomic E-state index is -0.216. The Hall–Kier alpha value is -1.88. The predicted molar refractivity (Wildman–Crippen MR) is 72.9 cm³/mol. The van der Waals surface area contributed by atoms with Crippen LogP contribution >= 0.6 is 11.8 Å². The van der Waals surface area contributed by atoms with Crippen LogP contribution in [-0.4, -0.2) is 14.6 Å². The fourth-order valence-electron chi connectivity index (χ4n) is 1.86. The van der Waals surface area contributed by atoms with Crippen LogP contribution in [0.15, 0.2) is 52.4 Å². The molecule has 5 heteroatoms. The zero-order chi connectivity index (χ0) is 13.2. The molecule has 2 heterocycles. The Labute approximate surface area is 114 Å². The number of benzene rings is 1. The van der Waals surface area contributed by atoms with Gasteiger partial charge in [0.25, 0.3) is 0 Å². The summed E-state index contributed by atoms with van der Waals surface area (Å²) in [5.41, 5.74) is 0.848. The molecule has 0 spiro atoms. The molecule has 0 aliphatic carbocycles. The first kappa shape index (κ1) is 12.2. The normalized spacial score (nSPS) is 11.1. The van der Waals surface area contributed by atoms with Gasteiger partial charge in [-0.3, -0.25) is 4.40 Å². The quantitative estimate of drug-likeness (QED) is 0.730. The van der Waals surface area contributed by atoms with Crippen molar-refractivity contribution in [3.63, 3.8) is 0 Å². The summed E-state index contributed by atoms with van der Waals surface area (Å²) in [4.78, 5) is 2.08. The molecule has 0 N–H and O–H groups in total. The first-order valence-electron chi connectivity index (χ1n) is 6.03. The van der Waals surface area contributed by atoms with E-state index in [2.05, 4.69) is 17.1 Å². The molecule has 3 aromatic rings. The predicted octanol–water partition coefficient (Wildman–Crippen LogP) is 3.58. The Morgan fingerprint density at radius 2 is 1.79 bits per heavy atom. The summed E-state index contributed by atoms with van der Waals surface area (Å²) in [5, 5.41) is 8.23. The maximum Gasteiger partial charge on any atom is 0.160 e. The lowest BCUT2D eigenvalue weighted by molar-refractivity contribution is 0.626. The smallest absolute Gasteiger partial charge is 0.160 e. The summed E-state index contributed by atoms with van der Waals surface area (Å²) in [6.07, 6.45) is 2.86. The number of rotatable bonds is 3. The average molecular weight is 273 g/mol. The minimum Gasteiger partial charge on any atom is -0.285 e. The Kier molecular flexibility index (Phi) is 3.21. The first-order chi connectivity index (χ1) is 9.26. The van der Waals surface area contributed by atoms with E-state index in [4.69, 9.17) is 0 Å². The van der Waals surface area contributed by atoms with Gasteiger partial charge >= 0.3 is 0 Å². The zero-order valence-corrected chi connectivity index (χ0v) is 11.2. The molecule has 0 radical (unpaired) electrons. The van der Waals surface area contributed by atoms with Gasteiger partial charge in [0.2, 0.25) is 0 Å². The molecule has 0 aliphatic heterocycles. The maximum atomic E-state index is 12.9. The number of fused-ring (bicyclic) bond motifs is 1. The number of hydrogen-bond acceptors (Lipinski definition) is 3. The van der Waals surface area contributed by atoms with Gasteiger partial charge in [0.05, 0.1) is 0 Å². The van der Waals surface area contributed by atoms with Crippen LogP contribution in [0.2, 0.25) is 0 Å². The van der Waals surface area contributed by atoms with E-state index < -0.39 is 0 Å². The molecule has 2 aromatic heterocycles. The number of hydrogen-bond donors (Lipinski definition) is 0. The first-order valence-corrected chi connectivity index (χ1v) is 6.85. The standard InChI is InChI=1S/C14H12FN3S/c1-2-13-16-17-14-8-7-12(9-18(13)14)19-11-5-3-10(15)4-6-11/h3-9H,2H2,1H3. The van der Waals surface area contributed by atoms with Crippen molar-refractivity contribution in [2.24, 2.45) is 0 Å². The summed E-state index contributed by atoms with van der Waals surface area (Å²) < 4.78 is 14.9. The zero-order valence-electron chi connectivity index (χ0n) is 10.4. The van der Waals surface area contributed by atoms with Crippen molar-refractivity contribution in [2.45, 2.75) is 23.1 Å². The molecular weight excluding hydrogens is 261 g/mol. The number of aromatic nitrogens is 3. The van der Waals surface area contributed by atoms with E-state index in [1.54, 1.807) is 23.9 Å². The van der Waals surface area contributed by atoms with Gasteiger partial charge < -0.3 is 0 Å². The fraction of sp³-hybridized carbons (Fsp3) is 0.143. The second kappa shape index (κ2) is 5.01. The lowest BCUT2D eigenvalue weighted by atomic mass is 10.4. The molecule has 0 bridgehead atoms. The number of halogens is 1. The van der Waals surface area contributed by atoms with Crippen molar-refractivity contribution in [3.8, 4) is 0 Å². The van der Waals surface area contributed by atoms with Crippen LogP contribution in [0.5, 0.6) is 0 Å². The highest BCUT2D eigenvalue weighted by molar-refractivity contribution is 7.99. The summed E-state index contributed by atoms with van der Waals surface area (Å²) in [6.45, 7) is 2.05. The summed E-state index contributed by atoms with van der Waals surface area (Å²) in [6, 6.07) is 10.4. The van der Waals surface area contributed by atoms with Gasteiger partial charge in [-0.25, -0.2) is 4.39 Å². The third-order valence-corrected chi connectivity index (χ3v) is 3.80. The molecule has 0 amide bonds. The lowest BCUT2D eigenvalue weighted by Crippen LogP contribution is -1.92. The van der Waals surface area contributed by atoms with Crippen molar-refractivity contribution in [1.82, 2.24) is 14.6 Å². The van der Waals surface area contributed by atoms with Crippen molar-refractivity contribution >= 4 is 17.4 Å². The SMILES string of the molecule is CCc1nnc2ccc(Sc3ccc(F)cc3)cn12. The lowest BCUT2D eigenvalue weighted by Gasteiger charge is -2.03. The Morgan fingerprint density at radius 1 is 1.05 bits per heavy atom. The van der Waals surface area contributed by atoms with Crippen molar-refractivity contribution < 1.29 is 4.39 Å². The second-order valence-electron chi connectivity index (χ2n) is 4.12. The van der Waals surface area contributed by atoms with Crippen molar-refractivity contribution in [1.29, 1.82) is 0 Å². The van der Waals surface area contributed by atoms with Crippen molar-refractivity contribution in [3.05, 3.63) is 54.2 Å². The van der Waals surface area contributed by atoms with Gasteiger partial charge in [0.15, 0.2) is 5.65 Å². The molecule has 0 unspecified atom stereocenters. The van der Waals surface area contributed by atoms with E-state index in [-0.39, 0.29) is 5.82 Å². The fourth-order valence-corrected chi connectivity index (χ4v) is 2.70. The van der Waals surface area contributed by atoms with Crippen LogP contribution in [0.1, 0.15) is 12.7 Å². The largest absolute Gasteiger partial charge is 0.285 e. The van der Waals surface area contributed by atoms with Gasteiger partial charge in [0.1, 0.15) is 11.6 Å². The highest BCUT2D eigenvalue weighted by Crippen LogP contribution is 2.27. The van der Waals surface area contributed by atoms with Crippen LogP contribution in [0.3, 0.4) is 0 Å². The van der Waals surface area contributed by atoms with Gasteiger partial charge in [-0.05, 0) is 36.4 Å². The van der Waals surface area contributed by atoms with Crippen LogP contribution in [0.4, 0.5) is 4.39 Å². The van der Waals surface area contributed by atoms with Gasteiger partial charge in [-0.1, -0.05) is 18.7 Å². The van der Waals surface area contributed by atoms with Crippen molar-refractivity contribution in [2.75, 3.05) is 0 Å². The third kappa shape index (κ3) is 2.46. The molecule has 0 atom stereocenters. The van der Waals surface area contributed by atoms with Crippen LogP contribution in [0, 0.1) is 5.82 Å². The number of pyridine rings is 1. The monoisotopic (exact) mass is 273 g/mol. The van der Waals surface area contributed by atoms with Gasteiger partial charge in [-0.15, -0.1) is 10.2 Å². The highest BCUT2D eigenvalue weighted by atomic mass is 32.2. The molecule has 19 heavy (non-hydrogen) atoms. The van der Waals surface area contributed by atoms with Crippen LogP contribution in [-0.2, 0) is 6.42 Å². The number of aryl methyl sites for hydroxylation is 1. The van der Waals surface area contributed by atoms with E-state index in [0.717, 1.165) is 27.7 Å². The van der Waals surface area contributed by atoms with Gasteiger partial charge in [-0.2, -0.15) is 0 Å². The summed E-state index contributed by atoms with van der Waals surface area (Å²) in [5.74, 6) is 0.725. The molecule has 1 aromatic carbocycles. The topological polar surface area (TPSA) is 30.2 Å². The molecule has 96 valence electrons. The molecule has 0 saturated heterocycles. The van der Waals surface area contributed by atoms with E-state index in [9.17, 15) is 4.39 Å². The average Bonchev–Trinajstić information content (AvgIpc) is 2.84. The molecule has 0 fully saturated rings. The molecule has 3 rings (SSSR count). The second-order valence-corrected chi connectivity index (χ2v) is 5.27. The maximum absolute atomic E-state index is 12.9. The summed E-state index contributed by atoms with van der Waals surface area (Å²) >= 11 is 1.59. The molecule has 0 saturated carbocycles. The van der Waals surface area contributed by atoms with E-state index >= 15 is 0 Å². The number of nitrogens with zero attached hydrogens (tertiary/aromatic N) is 3. The Morgan fingerprint density at radius 3 is 2.53 bits per heavy atom. The highest BCUT2D eigenvalue weighted by Gasteiger charge is 2.05. The third-order valence-electron chi connectivity index (χ3n) is 2.81. The Bertz CT molecular complexity index is 706. The minimum absolute atomic E-state index is 0.216. The molecule has 3 nitrogen and oxygen atoms in total. The Balaban J connectivity index is 1.94. The summed E-state index contributed by atoms with van der Waals surface area (Å²) in [7, 11) is 0. The molecular formula is C14H12FN3S.